The van der Waals surface area contributed by atoms with Crippen molar-refractivity contribution in [1.82, 2.24) is 0 Å². The Kier molecular flexibility index (Phi) is 2.33. The predicted molar refractivity (Wildman–Crippen MR) is 53.5 cm³/mol. The van der Waals surface area contributed by atoms with E-state index in [1.54, 1.807) is 24.3 Å². The Bertz CT molecular complexity index is 434. The van der Waals surface area contributed by atoms with Crippen molar-refractivity contribution in [2.24, 2.45) is 0 Å². The van der Waals surface area contributed by atoms with Crippen molar-refractivity contribution < 1.29 is 19.4 Å². The average molecular weight is 206 g/mol. The van der Waals surface area contributed by atoms with Crippen LogP contribution in [-0.4, -0.2) is 24.8 Å². The first-order valence-electron chi connectivity index (χ1n) is 4.46. The molecule has 0 aromatic heterocycles. The van der Waals surface area contributed by atoms with Gasteiger partial charge in [-0.3, -0.25) is 0 Å². The number of aliphatic hydroxyl groups excluding tert-OH is 1. The third-order valence-electron chi connectivity index (χ3n) is 2.21. The molecular weight excluding hydrogens is 196 g/mol. The molecule has 1 N–H and O–H groups in total. The number of aliphatic hydroxyl groups is 1. The molecule has 2 rings (SSSR count). The topological polar surface area (TPSA) is 55.8 Å². The van der Waals surface area contributed by atoms with Gasteiger partial charge in [0.15, 0.2) is 0 Å². The normalized spacial score (nSPS) is 15.4. The highest BCUT2D eigenvalue weighted by atomic mass is 16.5. The van der Waals surface area contributed by atoms with Gasteiger partial charge in [0.1, 0.15) is 23.7 Å². The molecule has 0 atom stereocenters. The van der Waals surface area contributed by atoms with Crippen LogP contribution in [0.2, 0.25) is 0 Å². The van der Waals surface area contributed by atoms with Crippen LogP contribution in [0.25, 0.3) is 5.57 Å². The zero-order valence-corrected chi connectivity index (χ0v) is 8.19. The lowest BCUT2D eigenvalue weighted by molar-refractivity contribution is -0.134. The lowest BCUT2D eigenvalue weighted by atomic mass is 10.0. The number of ether oxygens (including phenoxy) is 2. The molecule has 1 aromatic rings. The van der Waals surface area contributed by atoms with Crippen molar-refractivity contribution in [2.45, 2.75) is 0 Å². The largest absolute Gasteiger partial charge is 0.508 e. The number of para-hydroxylation sites is 1. The van der Waals surface area contributed by atoms with E-state index in [9.17, 15) is 9.90 Å². The van der Waals surface area contributed by atoms with E-state index in [1.165, 1.54) is 7.11 Å². The van der Waals surface area contributed by atoms with Crippen molar-refractivity contribution in [2.75, 3.05) is 13.7 Å². The number of benzene rings is 1. The minimum Gasteiger partial charge on any atom is -0.508 e. The summed E-state index contributed by atoms with van der Waals surface area (Å²) in [6.45, 7) is -0.0633. The fourth-order valence-corrected chi connectivity index (χ4v) is 1.51. The minimum absolute atomic E-state index is 0.0514. The van der Waals surface area contributed by atoms with E-state index in [-0.39, 0.29) is 17.9 Å². The van der Waals surface area contributed by atoms with Crippen LogP contribution in [-0.2, 0) is 9.53 Å². The molecule has 0 saturated heterocycles. The van der Waals surface area contributed by atoms with Crippen LogP contribution in [0.1, 0.15) is 5.56 Å². The molecule has 0 amide bonds. The number of rotatable bonds is 2. The second-order valence-corrected chi connectivity index (χ2v) is 3.10. The second-order valence-electron chi connectivity index (χ2n) is 3.10. The third-order valence-corrected chi connectivity index (χ3v) is 2.21. The summed E-state index contributed by atoms with van der Waals surface area (Å²) in [7, 11) is 1.51. The van der Waals surface area contributed by atoms with Crippen molar-refractivity contribution in [1.29, 1.82) is 0 Å². The molecule has 15 heavy (non-hydrogen) atoms. The zero-order chi connectivity index (χ0) is 10.8. The summed E-state index contributed by atoms with van der Waals surface area (Å²) in [5.74, 6) is -0.0283. The third kappa shape index (κ3) is 1.54. The van der Waals surface area contributed by atoms with Crippen LogP contribution in [0.4, 0.5) is 0 Å². The molecule has 4 nitrogen and oxygen atoms in total. The SMILES string of the molecule is COc1ccccc1C1=C(O)COC1=O. The summed E-state index contributed by atoms with van der Waals surface area (Å²) in [5, 5.41) is 9.51. The predicted octanol–water partition coefficient (Wildman–Crippen LogP) is 1.52. The first-order valence-corrected chi connectivity index (χ1v) is 4.46. The van der Waals surface area contributed by atoms with Gasteiger partial charge in [-0.2, -0.15) is 0 Å². The number of hydrogen-bond acceptors (Lipinski definition) is 4. The Hall–Kier alpha value is -1.97. The van der Waals surface area contributed by atoms with Gasteiger partial charge in [-0.25, -0.2) is 4.79 Å². The van der Waals surface area contributed by atoms with Crippen molar-refractivity contribution in [3.8, 4) is 5.75 Å². The smallest absolute Gasteiger partial charge is 0.342 e. The fourth-order valence-electron chi connectivity index (χ4n) is 1.51. The lowest BCUT2D eigenvalue weighted by Crippen LogP contribution is -2.00. The first kappa shape index (κ1) is 9.58. The highest BCUT2D eigenvalue weighted by molar-refractivity contribution is 6.19. The van der Waals surface area contributed by atoms with E-state index in [4.69, 9.17) is 9.47 Å². The Morgan fingerprint density at radius 3 is 2.73 bits per heavy atom. The average Bonchev–Trinajstić information content (AvgIpc) is 2.59. The summed E-state index contributed by atoms with van der Waals surface area (Å²) in [5.41, 5.74) is 0.743. The summed E-state index contributed by atoms with van der Waals surface area (Å²) in [6, 6.07) is 6.99. The Morgan fingerprint density at radius 1 is 1.40 bits per heavy atom. The molecule has 0 radical (unpaired) electrons. The van der Waals surface area contributed by atoms with E-state index >= 15 is 0 Å². The number of carbonyl (C=O) groups excluding carboxylic acids is 1. The molecule has 0 saturated carbocycles. The highest BCUT2D eigenvalue weighted by Gasteiger charge is 2.28. The van der Waals surface area contributed by atoms with Crippen LogP contribution < -0.4 is 4.74 Å². The highest BCUT2D eigenvalue weighted by Crippen LogP contribution is 2.31. The van der Waals surface area contributed by atoms with Gasteiger partial charge in [-0.05, 0) is 6.07 Å². The van der Waals surface area contributed by atoms with E-state index < -0.39 is 5.97 Å². The first-order chi connectivity index (χ1) is 7.24. The quantitative estimate of drug-likeness (QED) is 0.745. The zero-order valence-electron chi connectivity index (χ0n) is 8.19. The Morgan fingerprint density at radius 2 is 2.13 bits per heavy atom. The molecule has 0 fully saturated rings. The fraction of sp³-hybridized carbons (Fsp3) is 0.182. The van der Waals surface area contributed by atoms with Gasteiger partial charge in [-0.15, -0.1) is 0 Å². The molecule has 1 heterocycles. The molecule has 0 unspecified atom stereocenters. The number of carbonyl (C=O) groups is 1. The number of esters is 1. The molecule has 1 aromatic carbocycles. The van der Waals surface area contributed by atoms with E-state index in [2.05, 4.69) is 0 Å². The Labute approximate surface area is 86.7 Å². The number of cyclic esters (lactones) is 1. The minimum atomic E-state index is -0.517. The molecule has 78 valence electrons. The van der Waals surface area contributed by atoms with Gasteiger partial charge in [0.05, 0.1) is 7.11 Å². The molecule has 0 spiro atoms. The number of hydrogen-bond donors (Lipinski definition) is 1. The second kappa shape index (κ2) is 3.65. The standard InChI is InChI=1S/C11H10O4/c1-14-9-5-3-2-4-7(9)10-8(12)6-15-11(10)13/h2-5,12H,6H2,1H3. The molecule has 1 aliphatic rings. The number of methoxy groups -OCH3 is 1. The maximum Gasteiger partial charge on any atom is 0.342 e. The van der Waals surface area contributed by atoms with Gasteiger partial charge in [0.2, 0.25) is 0 Å². The summed E-state index contributed by atoms with van der Waals surface area (Å²) >= 11 is 0. The van der Waals surface area contributed by atoms with E-state index in [0.717, 1.165) is 0 Å². The van der Waals surface area contributed by atoms with E-state index in [0.29, 0.717) is 11.3 Å². The molecular formula is C11H10O4. The maximum absolute atomic E-state index is 11.4. The van der Waals surface area contributed by atoms with Crippen LogP contribution >= 0.6 is 0 Å². The van der Waals surface area contributed by atoms with Crippen LogP contribution in [0.5, 0.6) is 5.75 Å². The van der Waals surface area contributed by atoms with Crippen LogP contribution in [0.3, 0.4) is 0 Å². The van der Waals surface area contributed by atoms with Gasteiger partial charge in [0.25, 0.3) is 0 Å². The molecule has 0 bridgehead atoms. The van der Waals surface area contributed by atoms with Crippen molar-refractivity contribution in [3.05, 3.63) is 35.6 Å². The maximum atomic E-state index is 11.4. The lowest BCUT2D eigenvalue weighted by Gasteiger charge is -2.06. The Balaban J connectivity index is 2.54. The summed E-state index contributed by atoms with van der Waals surface area (Å²) in [4.78, 5) is 11.4. The van der Waals surface area contributed by atoms with Crippen LogP contribution in [0.15, 0.2) is 30.0 Å². The van der Waals surface area contributed by atoms with Crippen LogP contribution in [0, 0.1) is 0 Å². The van der Waals surface area contributed by atoms with Crippen molar-refractivity contribution in [3.63, 3.8) is 0 Å². The van der Waals surface area contributed by atoms with Gasteiger partial charge < -0.3 is 14.6 Å². The molecule has 1 aliphatic heterocycles. The van der Waals surface area contributed by atoms with Crippen molar-refractivity contribution >= 4 is 11.5 Å². The molecule has 0 aliphatic carbocycles. The van der Waals surface area contributed by atoms with E-state index in [1.807, 2.05) is 0 Å². The summed E-state index contributed by atoms with van der Waals surface area (Å²) in [6.07, 6.45) is 0. The van der Waals surface area contributed by atoms with Gasteiger partial charge in [-0.1, -0.05) is 18.2 Å². The van der Waals surface area contributed by atoms with Gasteiger partial charge >= 0.3 is 5.97 Å². The molecule has 4 heteroatoms. The summed E-state index contributed by atoms with van der Waals surface area (Å²) < 4.78 is 9.81. The van der Waals surface area contributed by atoms with Gasteiger partial charge in [0, 0.05) is 5.56 Å². The monoisotopic (exact) mass is 206 g/mol.